The summed E-state index contributed by atoms with van der Waals surface area (Å²) in [6.07, 6.45) is 5.89. The van der Waals surface area contributed by atoms with Crippen LogP contribution in [0.5, 0.6) is 23.0 Å². The number of carbonyl (C=O) groups excluding carboxylic acids is 2. The van der Waals surface area contributed by atoms with Crippen molar-refractivity contribution in [2.75, 3.05) is 35.0 Å². The van der Waals surface area contributed by atoms with Gasteiger partial charge in [0.25, 0.3) is 5.91 Å². The number of rotatable bonds is 12. The predicted molar refractivity (Wildman–Crippen MR) is 146 cm³/mol. The molecule has 2 amide bonds. The van der Waals surface area contributed by atoms with E-state index in [0.717, 1.165) is 31.2 Å². The van der Waals surface area contributed by atoms with E-state index in [1.54, 1.807) is 56.6 Å². The molecule has 1 fully saturated rings. The fraction of sp³-hybridized carbons (Fsp3) is 0.400. The second kappa shape index (κ2) is 13.1. The molecule has 3 aromatic rings. The van der Waals surface area contributed by atoms with E-state index in [1.807, 2.05) is 18.2 Å². The largest absolute Gasteiger partial charge is 0.493 e. The van der Waals surface area contributed by atoms with E-state index in [0.29, 0.717) is 35.0 Å². The normalized spacial score (nSPS) is 13.9. The number of carbonyl (C=O) groups is 2. The Hall–Kier alpha value is -4.14. The highest BCUT2D eigenvalue weighted by molar-refractivity contribution is 5.96. The van der Waals surface area contributed by atoms with Crippen LogP contribution in [0.25, 0.3) is 0 Å². The second-order valence-corrected chi connectivity index (χ2v) is 9.42. The van der Waals surface area contributed by atoms with Crippen molar-refractivity contribution in [1.82, 2.24) is 10.2 Å². The van der Waals surface area contributed by atoms with Crippen LogP contribution in [0.4, 0.5) is 0 Å². The SMILES string of the molecule is COc1ccc(CCN(C(=O)c2ccco2)[C@@H](C(=O)NC2CCCC2)c2ccc(OC)c(OC)c2)cc1OC. The summed E-state index contributed by atoms with van der Waals surface area (Å²) < 4.78 is 27.2. The number of nitrogens with zero attached hydrogens (tertiary/aromatic N) is 1. The molecule has 1 atom stereocenters. The van der Waals surface area contributed by atoms with Crippen LogP contribution >= 0.6 is 0 Å². The van der Waals surface area contributed by atoms with E-state index in [2.05, 4.69) is 5.32 Å². The van der Waals surface area contributed by atoms with Crippen LogP contribution in [0.15, 0.2) is 59.2 Å². The molecule has 0 spiro atoms. The highest BCUT2D eigenvalue weighted by atomic mass is 16.5. The zero-order valence-electron chi connectivity index (χ0n) is 22.9. The number of furan rings is 1. The average molecular weight is 537 g/mol. The molecule has 1 saturated carbocycles. The predicted octanol–water partition coefficient (Wildman–Crippen LogP) is 4.80. The molecule has 9 nitrogen and oxygen atoms in total. The molecule has 208 valence electrons. The summed E-state index contributed by atoms with van der Waals surface area (Å²) in [5.74, 6) is 1.73. The van der Waals surface area contributed by atoms with Crippen LogP contribution < -0.4 is 24.3 Å². The van der Waals surface area contributed by atoms with E-state index in [9.17, 15) is 9.59 Å². The van der Waals surface area contributed by atoms with Crippen molar-refractivity contribution in [2.45, 2.75) is 44.2 Å². The molecule has 0 aliphatic heterocycles. The highest BCUT2D eigenvalue weighted by Crippen LogP contribution is 2.34. The molecule has 0 unspecified atom stereocenters. The number of amides is 2. The van der Waals surface area contributed by atoms with Crippen LogP contribution in [0.3, 0.4) is 0 Å². The monoisotopic (exact) mass is 536 g/mol. The number of methoxy groups -OCH3 is 4. The summed E-state index contributed by atoms with van der Waals surface area (Å²) in [5.41, 5.74) is 1.53. The van der Waals surface area contributed by atoms with E-state index >= 15 is 0 Å². The molecule has 9 heteroatoms. The summed E-state index contributed by atoms with van der Waals surface area (Å²) in [5, 5.41) is 3.18. The maximum absolute atomic E-state index is 13.9. The first-order valence-corrected chi connectivity index (χ1v) is 13.1. The van der Waals surface area contributed by atoms with Gasteiger partial charge in [-0.2, -0.15) is 0 Å². The van der Waals surface area contributed by atoms with Crippen molar-refractivity contribution in [3.8, 4) is 23.0 Å². The maximum atomic E-state index is 13.9. The standard InChI is InChI=1S/C30H36N2O7/c1-35-23-13-11-20(18-26(23)37-3)15-16-32(30(34)25-10-7-17-39-25)28(29(33)31-22-8-5-6-9-22)21-12-14-24(36-2)27(19-21)38-4/h7,10-14,17-19,22,28H,5-6,8-9,15-16H2,1-4H3,(H,31,33)/t28-/m1/s1. The smallest absolute Gasteiger partial charge is 0.290 e. The van der Waals surface area contributed by atoms with Crippen molar-refractivity contribution >= 4 is 11.8 Å². The molecule has 1 aliphatic carbocycles. The summed E-state index contributed by atoms with van der Waals surface area (Å²) >= 11 is 0. The average Bonchev–Trinajstić information content (AvgIpc) is 3.69. The third-order valence-electron chi connectivity index (χ3n) is 7.07. The van der Waals surface area contributed by atoms with E-state index in [1.165, 1.54) is 13.4 Å². The zero-order chi connectivity index (χ0) is 27.8. The van der Waals surface area contributed by atoms with Gasteiger partial charge in [-0.15, -0.1) is 0 Å². The van der Waals surface area contributed by atoms with Crippen LogP contribution in [0, 0.1) is 0 Å². The van der Waals surface area contributed by atoms with Crippen molar-refractivity contribution in [3.63, 3.8) is 0 Å². The van der Waals surface area contributed by atoms with Gasteiger partial charge in [-0.25, -0.2) is 0 Å². The van der Waals surface area contributed by atoms with E-state index in [-0.39, 0.29) is 30.2 Å². The van der Waals surface area contributed by atoms with Crippen LogP contribution in [-0.2, 0) is 11.2 Å². The van der Waals surface area contributed by atoms with Crippen molar-refractivity contribution in [1.29, 1.82) is 0 Å². The van der Waals surface area contributed by atoms with Gasteiger partial charge in [0.2, 0.25) is 5.91 Å². The Kier molecular flexibility index (Phi) is 9.35. The number of nitrogens with one attached hydrogen (secondary N) is 1. The highest BCUT2D eigenvalue weighted by Gasteiger charge is 2.35. The number of benzene rings is 2. The van der Waals surface area contributed by atoms with Crippen LogP contribution in [-0.4, -0.2) is 57.7 Å². The quantitative estimate of drug-likeness (QED) is 0.355. The second-order valence-electron chi connectivity index (χ2n) is 9.42. The molecule has 0 saturated heterocycles. The minimum absolute atomic E-state index is 0.0755. The van der Waals surface area contributed by atoms with Gasteiger partial charge in [0.05, 0.1) is 34.7 Å². The van der Waals surface area contributed by atoms with Crippen LogP contribution in [0.1, 0.15) is 53.4 Å². The summed E-state index contributed by atoms with van der Waals surface area (Å²) in [6, 6.07) is 13.3. The third-order valence-corrected chi connectivity index (χ3v) is 7.07. The van der Waals surface area contributed by atoms with E-state index in [4.69, 9.17) is 23.4 Å². The van der Waals surface area contributed by atoms with Crippen molar-refractivity contribution < 1.29 is 33.0 Å². The number of hydrogen-bond acceptors (Lipinski definition) is 7. The zero-order valence-corrected chi connectivity index (χ0v) is 22.9. The summed E-state index contributed by atoms with van der Waals surface area (Å²) in [7, 11) is 6.25. The fourth-order valence-electron chi connectivity index (χ4n) is 5.02. The lowest BCUT2D eigenvalue weighted by Gasteiger charge is -2.32. The first-order chi connectivity index (χ1) is 19.0. The van der Waals surface area contributed by atoms with Gasteiger partial charge < -0.3 is 33.6 Å². The number of ether oxygens (including phenoxy) is 4. The molecule has 0 bridgehead atoms. The summed E-state index contributed by atoms with van der Waals surface area (Å²) in [4.78, 5) is 29.3. The maximum Gasteiger partial charge on any atom is 0.290 e. The van der Waals surface area contributed by atoms with Gasteiger partial charge in [0.15, 0.2) is 28.8 Å². The Balaban J connectivity index is 1.73. The third kappa shape index (κ3) is 6.47. The molecule has 1 N–H and O–H groups in total. The molecule has 2 aromatic carbocycles. The molecule has 1 aliphatic rings. The Labute approximate surface area is 229 Å². The lowest BCUT2D eigenvalue weighted by Crippen LogP contribution is -2.46. The van der Waals surface area contributed by atoms with Gasteiger partial charge in [0.1, 0.15) is 6.04 Å². The molecule has 0 radical (unpaired) electrons. The summed E-state index contributed by atoms with van der Waals surface area (Å²) in [6.45, 7) is 0.242. The van der Waals surface area contributed by atoms with Crippen LogP contribution in [0.2, 0.25) is 0 Å². The minimum Gasteiger partial charge on any atom is -0.493 e. The first-order valence-electron chi connectivity index (χ1n) is 13.1. The Morgan fingerprint density at radius 3 is 2.15 bits per heavy atom. The molecule has 1 heterocycles. The van der Waals surface area contributed by atoms with Gasteiger partial charge in [-0.1, -0.05) is 25.0 Å². The first kappa shape index (κ1) is 27.9. The minimum atomic E-state index is -0.928. The van der Waals surface area contributed by atoms with Gasteiger partial charge in [-0.3, -0.25) is 9.59 Å². The Bertz CT molecular complexity index is 1250. The lowest BCUT2D eigenvalue weighted by atomic mass is 10.0. The van der Waals surface area contributed by atoms with Crippen molar-refractivity contribution in [3.05, 3.63) is 71.7 Å². The molecule has 4 rings (SSSR count). The molecular weight excluding hydrogens is 500 g/mol. The van der Waals surface area contributed by atoms with Crippen molar-refractivity contribution in [2.24, 2.45) is 0 Å². The molecule has 39 heavy (non-hydrogen) atoms. The van der Waals surface area contributed by atoms with Gasteiger partial charge >= 0.3 is 0 Å². The Morgan fingerprint density at radius 2 is 1.54 bits per heavy atom. The fourth-order valence-corrected chi connectivity index (χ4v) is 5.02. The van der Waals surface area contributed by atoms with Gasteiger partial charge in [0, 0.05) is 12.6 Å². The Morgan fingerprint density at radius 1 is 0.897 bits per heavy atom. The molecular formula is C30H36N2O7. The van der Waals surface area contributed by atoms with E-state index < -0.39 is 6.04 Å². The van der Waals surface area contributed by atoms with Gasteiger partial charge in [-0.05, 0) is 66.8 Å². The topological polar surface area (TPSA) is 99.5 Å². The molecule has 1 aromatic heterocycles. The lowest BCUT2D eigenvalue weighted by molar-refractivity contribution is -0.126. The number of hydrogen-bond donors (Lipinski definition) is 1.